The van der Waals surface area contributed by atoms with Crippen LogP contribution in [0.4, 0.5) is 0 Å². The van der Waals surface area contributed by atoms with Gasteiger partial charge in [0.05, 0.1) is 16.7 Å². The van der Waals surface area contributed by atoms with Gasteiger partial charge in [-0.25, -0.2) is 4.68 Å². The maximum atomic E-state index is 9.20. The molecule has 1 heterocycles. The van der Waals surface area contributed by atoms with Crippen LogP contribution in [0.2, 0.25) is 10.0 Å². The normalized spacial score (nSPS) is 11.3. The van der Waals surface area contributed by atoms with Gasteiger partial charge in [-0.05, 0) is 37.0 Å². The predicted molar refractivity (Wildman–Crippen MR) is 85.9 cm³/mol. The lowest BCUT2D eigenvalue weighted by molar-refractivity contribution is 0.238. The first-order valence-electron chi connectivity index (χ1n) is 6.28. The number of aliphatic hydroxyl groups excluding tert-OH is 1. The molecule has 2 rings (SSSR count). The van der Waals surface area contributed by atoms with Gasteiger partial charge in [-0.3, -0.25) is 4.90 Å². The molecule has 0 aliphatic heterocycles. The number of nitrogens with zero attached hydrogens (tertiary/aromatic N) is 4. The van der Waals surface area contributed by atoms with Gasteiger partial charge >= 0.3 is 0 Å². The van der Waals surface area contributed by atoms with Crippen molar-refractivity contribution in [3.05, 3.63) is 44.4 Å². The smallest absolute Gasteiger partial charge is 0.198 e. The summed E-state index contributed by atoms with van der Waals surface area (Å²) in [7, 11) is 3.74. The van der Waals surface area contributed by atoms with Crippen molar-refractivity contribution < 1.29 is 5.11 Å². The molecule has 0 saturated heterocycles. The van der Waals surface area contributed by atoms with Crippen molar-refractivity contribution in [3.8, 4) is 0 Å². The molecule has 21 heavy (non-hydrogen) atoms. The highest BCUT2D eigenvalue weighted by Crippen LogP contribution is 2.23. The Bertz CT molecular complexity index is 698. The summed E-state index contributed by atoms with van der Waals surface area (Å²) in [5, 5.41) is 14.6. The van der Waals surface area contributed by atoms with Crippen molar-refractivity contribution >= 4 is 35.4 Å². The SMILES string of the molecule is CN(Cc1ccc(Cl)c(Cl)c1)Cn1nc(CO)n(C)c1=S. The van der Waals surface area contributed by atoms with Gasteiger partial charge in [-0.15, -0.1) is 0 Å². The molecule has 1 aromatic carbocycles. The number of hydrogen-bond acceptors (Lipinski definition) is 4. The topological polar surface area (TPSA) is 46.2 Å². The van der Waals surface area contributed by atoms with Crippen molar-refractivity contribution in [1.82, 2.24) is 19.2 Å². The molecule has 0 radical (unpaired) electrons. The molecule has 0 amide bonds. The van der Waals surface area contributed by atoms with E-state index in [1.54, 1.807) is 22.4 Å². The third kappa shape index (κ3) is 3.84. The Morgan fingerprint density at radius 1 is 1.33 bits per heavy atom. The van der Waals surface area contributed by atoms with Crippen LogP contribution < -0.4 is 0 Å². The molecular formula is C13H16Cl2N4OS. The molecule has 0 aliphatic rings. The summed E-state index contributed by atoms with van der Waals surface area (Å²) in [5.41, 5.74) is 1.05. The van der Waals surface area contributed by atoms with Crippen molar-refractivity contribution in [2.24, 2.45) is 7.05 Å². The van der Waals surface area contributed by atoms with Crippen molar-refractivity contribution in [2.45, 2.75) is 19.8 Å². The Morgan fingerprint density at radius 3 is 2.62 bits per heavy atom. The van der Waals surface area contributed by atoms with E-state index in [4.69, 9.17) is 35.4 Å². The molecule has 1 N–H and O–H groups in total. The minimum Gasteiger partial charge on any atom is -0.388 e. The zero-order valence-electron chi connectivity index (χ0n) is 11.8. The lowest BCUT2D eigenvalue weighted by atomic mass is 10.2. The fourth-order valence-electron chi connectivity index (χ4n) is 1.99. The van der Waals surface area contributed by atoms with Gasteiger partial charge in [0.15, 0.2) is 10.6 Å². The fourth-order valence-corrected chi connectivity index (χ4v) is 2.52. The Balaban J connectivity index is 2.09. The highest BCUT2D eigenvalue weighted by molar-refractivity contribution is 7.71. The van der Waals surface area contributed by atoms with E-state index in [0.29, 0.717) is 33.9 Å². The fraction of sp³-hybridized carbons (Fsp3) is 0.385. The van der Waals surface area contributed by atoms with Gasteiger partial charge < -0.3 is 9.67 Å². The van der Waals surface area contributed by atoms with Gasteiger partial charge in [0.25, 0.3) is 0 Å². The van der Waals surface area contributed by atoms with Crippen LogP contribution in [0.15, 0.2) is 18.2 Å². The van der Waals surface area contributed by atoms with Crippen LogP contribution in [0.25, 0.3) is 0 Å². The quantitative estimate of drug-likeness (QED) is 0.845. The molecule has 114 valence electrons. The Kier molecular flexibility index (Phi) is 5.40. The average molecular weight is 347 g/mol. The second kappa shape index (κ2) is 6.89. The average Bonchev–Trinajstić information content (AvgIpc) is 2.70. The van der Waals surface area contributed by atoms with Gasteiger partial charge in [-0.1, -0.05) is 29.3 Å². The maximum Gasteiger partial charge on any atom is 0.198 e. The number of aromatic nitrogens is 3. The Labute approximate surface area is 138 Å². The van der Waals surface area contributed by atoms with Crippen LogP contribution in [0.3, 0.4) is 0 Å². The third-order valence-electron chi connectivity index (χ3n) is 3.08. The van der Waals surface area contributed by atoms with E-state index in [1.165, 1.54) is 0 Å². The van der Waals surface area contributed by atoms with Gasteiger partial charge in [0.2, 0.25) is 0 Å². The first kappa shape index (κ1) is 16.5. The van der Waals surface area contributed by atoms with E-state index in [2.05, 4.69) is 5.10 Å². The first-order chi connectivity index (χ1) is 9.92. The summed E-state index contributed by atoms with van der Waals surface area (Å²) < 4.78 is 3.95. The monoisotopic (exact) mass is 346 g/mol. The summed E-state index contributed by atoms with van der Waals surface area (Å²) in [5.74, 6) is 0.544. The molecule has 1 aromatic heterocycles. The predicted octanol–water partition coefficient (Wildman–Crippen LogP) is 2.84. The number of halogens is 2. The summed E-state index contributed by atoms with van der Waals surface area (Å²) in [6.07, 6.45) is 0. The van der Waals surface area contributed by atoms with Gasteiger partial charge in [0.1, 0.15) is 6.61 Å². The second-order valence-electron chi connectivity index (χ2n) is 4.82. The maximum absolute atomic E-state index is 9.20. The summed E-state index contributed by atoms with van der Waals surface area (Å²) >= 11 is 17.2. The van der Waals surface area contributed by atoms with Crippen molar-refractivity contribution in [2.75, 3.05) is 7.05 Å². The molecule has 0 bridgehead atoms. The van der Waals surface area contributed by atoms with E-state index < -0.39 is 0 Å². The molecule has 0 spiro atoms. The van der Waals surface area contributed by atoms with Crippen LogP contribution in [0.1, 0.15) is 11.4 Å². The minimum atomic E-state index is -0.135. The van der Waals surface area contributed by atoms with E-state index in [-0.39, 0.29) is 6.61 Å². The Morgan fingerprint density at radius 2 is 2.05 bits per heavy atom. The second-order valence-corrected chi connectivity index (χ2v) is 6.00. The molecule has 8 heteroatoms. The highest BCUT2D eigenvalue weighted by atomic mass is 35.5. The van der Waals surface area contributed by atoms with Crippen LogP contribution >= 0.6 is 35.4 Å². The number of rotatable bonds is 5. The molecule has 0 aliphatic carbocycles. The zero-order chi connectivity index (χ0) is 15.6. The number of aliphatic hydroxyl groups is 1. The molecule has 5 nitrogen and oxygen atoms in total. The van der Waals surface area contributed by atoms with Gasteiger partial charge in [-0.2, -0.15) is 5.10 Å². The van der Waals surface area contributed by atoms with Gasteiger partial charge in [0, 0.05) is 13.6 Å². The lowest BCUT2D eigenvalue weighted by Crippen LogP contribution is -2.22. The van der Waals surface area contributed by atoms with E-state index in [9.17, 15) is 5.11 Å². The zero-order valence-corrected chi connectivity index (χ0v) is 14.1. The van der Waals surface area contributed by atoms with Crippen molar-refractivity contribution in [3.63, 3.8) is 0 Å². The van der Waals surface area contributed by atoms with Crippen LogP contribution in [-0.2, 0) is 26.9 Å². The largest absolute Gasteiger partial charge is 0.388 e. The number of hydrogen-bond donors (Lipinski definition) is 1. The van der Waals surface area contributed by atoms with E-state index in [1.807, 2.05) is 24.1 Å². The van der Waals surface area contributed by atoms with E-state index in [0.717, 1.165) is 5.56 Å². The summed E-state index contributed by atoms with van der Waals surface area (Å²) in [6, 6.07) is 5.56. The third-order valence-corrected chi connectivity index (χ3v) is 4.31. The standard InChI is InChI=1S/C13H16Cl2N4OS/c1-17(6-9-3-4-10(14)11(15)5-9)8-19-13(21)18(2)12(7-20)16-19/h3-5,20H,6-8H2,1-2H3. The molecule has 0 fully saturated rings. The minimum absolute atomic E-state index is 0.135. The highest BCUT2D eigenvalue weighted by Gasteiger charge is 2.09. The summed E-state index contributed by atoms with van der Waals surface area (Å²) in [6.45, 7) is 1.07. The molecule has 0 saturated carbocycles. The molecule has 0 atom stereocenters. The molecule has 0 unspecified atom stereocenters. The molecular weight excluding hydrogens is 331 g/mol. The lowest BCUT2D eigenvalue weighted by Gasteiger charge is -2.16. The van der Waals surface area contributed by atoms with Crippen molar-refractivity contribution in [1.29, 1.82) is 0 Å². The Hall–Kier alpha value is -0.920. The van der Waals surface area contributed by atoms with Crippen LogP contribution in [0, 0.1) is 4.77 Å². The van der Waals surface area contributed by atoms with E-state index >= 15 is 0 Å². The molecule has 2 aromatic rings. The van der Waals surface area contributed by atoms with Crippen LogP contribution in [0.5, 0.6) is 0 Å². The summed E-state index contributed by atoms with van der Waals surface area (Å²) in [4.78, 5) is 2.05. The number of benzene rings is 1. The first-order valence-corrected chi connectivity index (χ1v) is 7.45. The van der Waals surface area contributed by atoms with Crippen LogP contribution in [-0.4, -0.2) is 31.4 Å².